The Morgan fingerprint density at radius 3 is 2.43 bits per heavy atom. The maximum atomic E-state index is 14.9. The third-order valence-electron chi connectivity index (χ3n) is 4.99. The average molecular weight is 596 g/mol. The number of ether oxygens (including phenoxy) is 3. The number of pyridine rings is 1. The lowest BCUT2D eigenvalue weighted by Crippen LogP contribution is -2.27. The van der Waals surface area contributed by atoms with Crippen LogP contribution in [0, 0.1) is 23.0 Å². The van der Waals surface area contributed by atoms with Crippen molar-refractivity contribution in [3.63, 3.8) is 0 Å². The number of nitrogens with zero attached hydrogens (tertiary/aromatic N) is 3. The summed E-state index contributed by atoms with van der Waals surface area (Å²) in [7, 11) is -1.26. The third kappa shape index (κ3) is 7.50. The number of nitrogens with one attached hydrogen (secondary N) is 1. The zero-order chi connectivity index (χ0) is 27.5. The molecule has 37 heavy (non-hydrogen) atoms. The number of fused-ring (bicyclic) bond motifs is 1. The Morgan fingerprint density at radius 1 is 1.22 bits per heavy atom. The molecule has 0 bridgehead atoms. The number of nitriles is 1. The van der Waals surface area contributed by atoms with E-state index in [1.807, 2.05) is 6.07 Å². The topological polar surface area (TPSA) is 98.4 Å². The molecule has 2 aromatic heterocycles. The highest BCUT2D eigenvalue weighted by atomic mass is 79.9. The quantitative estimate of drug-likeness (QED) is 0.215. The molecule has 2 heterocycles. The van der Waals surface area contributed by atoms with Crippen molar-refractivity contribution in [3.05, 3.63) is 46.2 Å². The first-order chi connectivity index (χ1) is 17.2. The minimum absolute atomic E-state index is 0.0136. The van der Waals surface area contributed by atoms with Gasteiger partial charge in [0.1, 0.15) is 29.6 Å². The van der Waals surface area contributed by atoms with Crippen LogP contribution < -0.4 is 10.1 Å². The normalized spacial score (nSPS) is 11.9. The first-order valence-corrected chi connectivity index (χ1v) is 16.0. The summed E-state index contributed by atoms with van der Waals surface area (Å²) >= 11 is 3.44. The van der Waals surface area contributed by atoms with Crippen LogP contribution in [0.25, 0.3) is 11.0 Å². The van der Waals surface area contributed by atoms with Crippen LogP contribution in [0.1, 0.15) is 26.3 Å². The molecule has 8 nitrogen and oxygen atoms in total. The van der Waals surface area contributed by atoms with Crippen molar-refractivity contribution in [2.24, 2.45) is 0 Å². The van der Waals surface area contributed by atoms with E-state index in [0.717, 1.165) is 18.2 Å². The minimum atomic E-state index is -1.26. The summed E-state index contributed by atoms with van der Waals surface area (Å²) in [5, 5.41) is 12.3. The van der Waals surface area contributed by atoms with E-state index in [0.29, 0.717) is 22.1 Å². The van der Waals surface area contributed by atoms with E-state index in [1.165, 1.54) is 6.20 Å². The van der Waals surface area contributed by atoms with Crippen LogP contribution in [-0.4, -0.2) is 35.9 Å². The Bertz CT molecular complexity index is 1340. The number of rotatable bonds is 8. The Balaban J connectivity index is 1.91. The van der Waals surface area contributed by atoms with Crippen molar-refractivity contribution >= 4 is 46.8 Å². The third-order valence-corrected chi connectivity index (χ3v) is 7.29. The van der Waals surface area contributed by atoms with Gasteiger partial charge in [0.25, 0.3) is 0 Å². The Morgan fingerprint density at radius 2 is 1.86 bits per heavy atom. The zero-order valence-corrected chi connectivity index (χ0v) is 24.1. The minimum Gasteiger partial charge on any atom is -0.449 e. The van der Waals surface area contributed by atoms with E-state index >= 15 is 0 Å². The number of anilines is 1. The second kappa shape index (κ2) is 11.2. The van der Waals surface area contributed by atoms with E-state index in [-0.39, 0.29) is 23.7 Å². The summed E-state index contributed by atoms with van der Waals surface area (Å²) in [6, 6.07) is 4.74. The fourth-order valence-corrected chi connectivity index (χ4v) is 4.62. The van der Waals surface area contributed by atoms with Crippen LogP contribution in [0.3, 0.4) is 0 Å². The molecule has 3 aromatic rings. The highest BCUT2D eigenvalue weighted by Gasteiger charge is 2.23. The largest absolute Gasteiger partial charge is 0.449 e. The van der Waals surface area contributed by atoms with E-state index in [1.54, 1.807) is 31.5 Å². The van der Waals surface area contributed by atoms with Crippen LogP contribution in [0.4, 0.5) is 19.3 Å². The van der Waals surface area contributed by atoms with Crippen molar-refractivity contribution < 1.29 is 27.8 Å². The lowest BCUT2D eigenvalue weighted by Gasteiger charge is -2.20. The van der Waals surface area contributed by atoms with E-state index in [9.17, 15) is 18.8 Å². The lowest BCUT2D eigenvalue weighted by atomic mass is 10.2. The van der Waals surface area contributed by atoms with Crippen molar-refractivity contribution in [2.75, 3.05) is 11.9 Å². The van der Waals surface area contributed by atoms with Crippen LogP contribution in [0.15, 0.2) is 29.0 Å². The molecular weight excluding hydrogens is 566 g/mol. The van der Waals surface area contributed by atoms with Crippen molar-refractivity contribution in [1.82, 2.24) is 9.55 Å². The van der Waals surface area contributed by atoms with Gasteiger partial charge >= 0.3 is 6.09 Å². The molecule has 198 valence electrons. The van der Waals surface area contributed by atoms with Gasteiger partial charge in [-0.05, 0) is 42.7 Å². The predicted octanol–water partition coefficient (Wildman–Crippen LogP) is 7.40. The van der Waals surface area contributed by atoms with Gasteiger partial charge in [0.15, 0.2) is 23.1 Å². The number of carbonyl (C=O) groups excluding carboxylic acids is 1. The smallest absolute Gasteiger partial charge is 0.412 e. The van der Waals surface area contributed by atoms with Gasteiger partial charge in [-0.3, -0.25) is 5.32 Å². The molecule has 0 spiro atoms. The van der Waals surface area contributed by atoms with Gasteiger partial charge in [-0.2, -0.15) is 5.26 Å². The second-order valence-electron chi connectivity index (χ2n) is 10.6. The fourth-order valence-electron chi connectivity index (χ4n) is 3.26. The Hall–Kier alpha value is -3.01. The standard InChI is InChI=1S/C25H29BrF2N4O4Si/c1-25(2,3)36-24(33)31-16-9-18(27)22(19(28)10-16)35-21-15(11-29)12-30-23-20(21)17(26)13-32(23)14-34-7-8-37(4,5)6/h9-10,12-13H,7-8,14H2,1-6H3,(H,31,33). The SMILES string of the molecule is CC(C)(C)OC(=O)Nc1cc(F)c(Oc2c(C#N)cnc3c2c(Br)cn3COCC[Si](C)(C)C)c(F)c1. The summed E-state index contributed by atoms with van der Waals surface area (Å²) in [6.07, 6.45) is 2.12. The highest BCUT2D eigenvalue weighted by molar-refractivity contribution is 9.10. The second-order valence-corrected chi connectivity index (χ2v) is 17.1. The number of carbonyl (C=O) groups is 1. The predicted molar refractivity (Wildman–Crippen MR) is 143 cm³/mol. The van der Waals surface area contributed by atoms with Gasteiger partial charge in [-0.1, -0.05) is 19.6 Å². The van der Waals surface area contributed by atoms with Crippen molar-refractivity contribution in [1.29, 1.82) is 5.26 Å². The molecule has 0 radical (unpaired) electrons. The van der Waals surface area contributed by atoms with Crippen molar-refractivity contribution in [3.8, 4) is 17.6 Å². The van der Waals surface area contributed by atoms with Gasteiger partial charge in [0.2, 0.25) is 0 Å². The maximum Gasteiger partial charge on any atom is 0.412 e. The lowest BCUT2D eigenvalue weighted by molar-refractivity contribution is 0.0636. The fraction of sp³-hybridized carbons (Fsp3) is 0.400. The first kappa shape index (κ1) is 28.6. The molecule has 0 unspecified atom stereocenters. The number of hydrogen-bond acceptors (Lipinski definition) is 6. The van der Waals surface area contributed by atoms with Gasteiger partial charge in [0.05, 0.1) is 17.3 Å². The molecule has 12 heteroatoms. The molecule has 0 fully saturated rings. The molecule has 0 aliphatic heterocycles. The van der Waals surface area contributed by atoms with E-state index < -0.39 is 37.2 Å². The summed E-state index contributed by atoms with van der Waals surface area (Å²) in [5.41, 5.74) is -0.536. The average Bonchev–Trinajstić information content (AvgIpc) is 3.07. The monoisotopic (exact) mass is 594 g/mol. The molecular formula is C25H29BrF2N4O4Si. The summed E-state index contributed by atoms with van der Waals surface area (Å²) in [4.78, 5) is 16.3. The zero-order valence-electron chi connectivity index (χ0n) is 21.5. The molecule has 0 saturated carbocycles. The number of amides is 1. The van der Waals surface area contributed by atoms with Gasteiger partial charge < -0.3 is 18.8 Å². The number of benzene rings is 1. The number of halogens is 3. The van der Waals surface area contributed by atoms with Crippen LogP contribution >= 0.6 is 15.9 Å². The Kier molecular flexibility index (Phi) is 8.62. The highest BCUT2D eigenvalue weighted by Crippen LogP contribution is 2.40. The summed E-state index contributed by atoms with van der Waals surface area (Å²) in [5.74, 6) is -2.95. The molecule has 1 aromatic carbocycles. The van der Waals surface area contributed by atoms with Gasteiger partial charge in [-0.25, -0.2) is 18.6 Å². The van der Waals surface area contributed by atoms with Crippen molar-refractivity contribution in [2.45, 2.75) is 58.8 Å². The Labute approximate surface area is 223 Å². The first-order valence-electron chi connectivity index (χ1n) is 11.5. The molecule has 0 aliphatic rings. The van der Waals surface area contributed by atoms with Gasteiger partial charge in [-0.15, -0.1) is 0 Å². The summed E-state index contributed by atoms with van der Waals surface area (Å²) in [6.45, 7) is 12.6. The molecule has 0 aliphatic carbocycles. The van der Waals surface area contributed by atoms with Crippen LogP contribution in [-0.2, 0) is 16.2 Å². The van der Waals surface area contributed by atoms with E-state index in [4.69, 9.17) is 14.2 Å². The molecule has 0 saturated heterocycles. The molecule has 0 atom stereocenters. The van der Waals surface area contributed by atoms with Crippen LogP contribution in [0.2, 0.25) is 25.7 Å². The maximum absolute atomic E-state index is 14.9. The summed E-state index contributed by atoms with van der Waals surface area (Å²) < 4.78 is 48.7. The number of hydrogen-bond donors (Lipinski definition) is 1. The molecule has 3 rings (SSSR count). The molecule has 1 N–H and O–H groups in total. The van der Waals surface area contributed by atoms with Gasteiger partial charge in [0, 0.05) is 37.5 Å². The van der Waals surface area contributed by atoms with Crippen LogP contribution in [0.5, 0.6) is 11.5 Å². The molecule has 1 amide bonds. The number of aromatic nitrogens is 2. The van der Waals surface area contributed by atoms with E-state index in [2.05, 4.69) is 45.9 Å².